The molecule has 1 aromatic heterocycles. The third-order valence-corrected chi connectivity index (χ3v) is 2.27. The summed E-state index contributed by atoms with van der Waals surface area (Å²) >= 11 is 0. The molecule has 6 heteroatoms. The molecule has 5 nitrogen and oxygen atoms in total. The number of hydrogen-bond acceptors (Lipinski definition) is 4. The van der Waals surface area contributed by atoms with E-state index in [4.69, 9.17) is 17.0 Å². The first-order valence-corrected chi connectivity index (χ1v) is 5.00. The van der Waals surface area contributed by atoms with Crippen molar-refractivity contribution in [2.24, 2.45) is 0 Å². The topological polar surface area (TPSA) is 65.4 Å². The van der Waals surface area contributed by atoms with Crippen molar-refractivity contribution in [1.29, 1.82) is 0 Å². The lowest BCUT2D eigenvalue weighted by Crippen LogP contribution is -1.98. The number of methoxy groups -OCH3 is 1. The van der Waals surface area contributed by atoms with Crippen molar-refractivity contribution in [2.75, 3.05) is 12.8 Å². The van der Waals surface area contributed by atoms with Crippen LogP contribution in [0.2, 0.25) is 0 Å². The normalized spacial score (nSPS) is 9.83. The first kappa shape index (κ1) is 11.8. The predicted octanol–water partition coefficient (Wildman–Crippen LogP) is 2.42. The van der Waals surface area contributed by atoms with Gasteiger partial charge in [0, 0.05) is 11.6 Å². The SMILES string of the molecule is [C-]#[N+]c1ccc(-c2cc(N)nc(OC)n2)cc1F. The molecule has 0 fully saturated rings. The number of aromatic nitrogens is 2. The fraction of sp³-hybridized carbons (Fsp3) is 0.0833. The largest absolute Gasteiger partial charge is 0.467 e. The highest BCUT2D eigenvalue weighted by molar-refractivity contribution is 5.65. The number of nitrogen functional groups attached to an aromatic ring is 1. The molecule has 0 amide bonds. The van der Waals surface area contributed by atoms with Crippen LogP contribution in [0.1, 0.15) is 0 Å². The molecule has 0 spiro atoms. The maximum atomic E-state index is 13.5. The van der Waals surface area contributed by atoms with Gasteiger partial charge >= 0.3 is 6.01 Å². The second kappa shape index (κ2) is 4.67. The smallest absolute Gasteiger partial charge is 0.318 e. The second-order valence-electron chi connectivity index (χ2n) is 3.44. The quantitative estimate of drug-likeness (QED) is 0.824. The molecular formula is C12H9FN4O. The monoisotopic (exact) mass is 244 g/mol. The van der Waals surface area contributed by atoms with Crippen molar-refractivity contribution in [3.63, 3.8) is 0 Å². The van der Waals surface area contributed by atoms with Crippen LogP contribution >= 0.6 is 0 Å². The van der Waals surface area contributed by atoms with Crippen molar-refractivity contribution in [3.8, 4) is 17.3 Å². The van der Waals surface area contributed by atoms with E-state index in [1.165, 1.54) is 25.3 Å². The first-order chi connectivity index (χ1) is 8.63. The summed E-state index contributed by atoms with van der Waals surface area (Å²) in [5.74, 6) is -0.370. The zero-order chi connectivity index (χ0) is 13.1. The van der Waals surface area contributed by atoms with Gasteiger partial charge in [0.2, 0.25) is 5.69 Å². The highest BCUT2D eigenvalue weighted by Gasteiger charge is 2.08. The highest BCUT2D eigenvalue weighted by atomic mass is 19.1. The number of benzene rings is 1. The minimum atomic E-state index is -0.598. The lowest BCUT2D eigenvalue weighted by atomic mass is 10.1. The molecule has 2 aromatic rings. The molecule has 2 N–H and O–H groups in total. The maximum absolute atomic E-state index is 13.5. The third kappa shape index (κ3) is 2.20. The van der Waals surface area contributed by atoms with Crippen molar-refractivity contribution < 1.29 is 9.13 Å². The molecule has 0 saturated heterocycles. The Bertz CT molecular complexity index is 636. The summed E-state index contributed by atoms with van der Waals surface area (Å²) in [6.07, 6.45) is 0. The zero-order valence-corrected chi connectivity index (χ0v) is 9.51. The standard InChI is InChI=1S/C12H9FN4O/c1-15-9-4-3-7(5-8(9)13)10-6-11(14)17-12(16-10)18-2/h3-6H,2H3,(H2,14,16,17). The van der Waals surface area contributed by atoms with Gasteiger partial charge < -0.3 is 10.5 Å². The van der Waals surface area contributed by atoms with Crippen molar-refractivity contribution >= 4 is 11.5 Å². The Morgan fingerprint density at radius 3 is 2.72 bits per heavy atom. The van der Waals surface area contributed by atoms with Gasteiger partial charge in [0.25, 0.3) is 0 Å². The Balaban J connectivity index is 2.52. The fourth-order valence-corrected chi connectivity index (χ4v) is 1.44. The molecule has 18 heavy (non-hydrogen) atoms. The van der Waals surface area contributed by atoms with Crippen LogP contribution in [-0.4, -0.2) is 17.1 Å². The molecule has 0 aliphatic carbocycles. The van der Waals surface area contributed by atoms with Crippen LogP contribution in [0.5, 0.6) is 6.01 Å². The summed E-state index contributed by atoms with van der Waals surface area (Å²) in [5, 5.41) is 0. The van der Waals surface area contributed by atoms with Crippen LogP contribution in [0, 0.1) is 12.4 Å². The van der Waals surface area contributed by atoms with Crippen LogP contribution in [0.25, 0.3) is 16.1 Å². The second-order valence-corrected chi connectivity index (χ2v) is 3.44. The van der Waals surface area contributed by atoms with Crippen LogP contribution < -0.4 is 10.5 Å². The summed E-state index contributed by atoms with van der Waals surface area (Å²) in [4.78, 5) is 10.9. The number of halogens is 1. The minimum absolute atomic E-state index is 0.0345. The van der Waals surface area contributed by atoms with E-state index < -0.39 is 5.82 Å². The van der Waals surface area contributed by atoms with Crippen molar-refractivity contribution in [1.82, 2.24) is 9.97 Å². The highest BCUT2D eigenvalue weighted by Crippen LogP contribution is 2.26. The van der Waals surface area contributed by atoms with E-state index in [9.17, 15) is 4.39 Å². The van der Waals surface area contributed by atoms with Gasteiger partial charge in [0.1, 0.15) is 11.6 Å². The molecule has 0 aliphatic heterocycles. The molecule has 0 bridgehead atoms. The Morgan fingerprint density at radius 1 is 1.33 bits per heavy atom. The fourth-order valence-electron chi connectivity index (χ4n) is 1.44. The van der Waals surface area contributed by atoms with Crippen molar-refractivity contribution in [3.05, 3.63) is 41.5 Å². The van der Waals surface area contributed by atoms with Gasteiger partial charge in [-0.3, -0.25) is 0 Å². The minimum Gasteiger partial charge on any atom is -0.467 e. The number of hydrogen-bond donors (Lipinski definition) is 1. The van der Waals surface area contributed by atoms with E-state index in [0.717, 1.165) is 0 Å². The van der Waals surface area contributed by atoms with E-state index in [1.807, 2.05) is 0 Å². The number of nitrogens with two attached hydrogens (primary N) is 1. The van der Waals surface area contributed by atoms with Crippen LogP contribution in [0.3, 0.4) is 0 Å². The van der Waals surface area contributed by atoms with Crippen LogP contribution in [0.4, 0.5) is 15.9 Å². The predicted molar refractivity (Wildman–Crippen MR) is 64.7 cm³/mol. The molecule has 1 heterocycles. The number of ether oxygens (including phenoxy) is 1. The van der Waals surface area contributed by atoms with E-state index in [1.54, 1.807) is 6.07 Å². The first-order valence-electron chi connectivity index (χ1n) is 5.00. The maximum Gasteiger partial charge on any atom is 0.318 e. The van der Waals surface area contributed by atoms with Gasteiger partial charge in [-0.1, -0.05) is 12.1 Å². The van der Waals surface area contributed by atoms with Gasteiger partial charge in [-0.15, -0.1) is 0 Å². The Kier molecular flexibility index (Phi) is 3.06. The summed E-state index contributed by atoms with van der Waals surface area (Å²) in [6, 6.07) is 5.84. The Labute approximate surface area is 103 Å². The van der Waals surface area contributed by atoms with Gasteiger partial charge in [-0.2, -0.15) is 9.97 Å². The molecular weight excluding hydrogens is 235 g/mol. The number of rotatable bonds is 2. The van der Waals surface area contributed by atoms with Gasteiger partial charge in [0.05, 0.1) is 19.4 Å². The molecule has 0 radical (unpaired) electrons. The average Bonchev–Trinajstić information content (AvgIpc) is 2.37. The van der Waals surface area contributed by atoms with E-state index in [2.05, 4.69) is 14.8 Å². The Hall–Kier alpha value is -2.68. The van der Waals surface area contributed by atoms with Crippen LogP contribution in [-0.2, 0) is 0 Å². The third-order valence-electron chi connectivity index (χ3n) is 2.27. The van der Waals surface area contributed by atoms with Gasteiger partial charge in [-0.05, 0) is 6.07 Å². The lowest BCUT2D eigenvalue weighted by molar-refractivity contribution is 0.381. The van der Waals surface area contributed by atoms with Crippen LogP contribution in [0.15, 0.2) is 24.3 Å². The summed E-state index contributed by atoms with van der Waals surface area (Å²) in [6.45, 7) is 6.78. The molecule has 2 rings (SSSR count). The van der Waals surface area contributed by atoms with Gasteiger partial charge in [-0.25, -0.2) is 9.24 Å². The zero-order valence-electron chi connectivity index (χ0n) is 9.51. The Morgan fingerprint density at radius 2 is 2.11 bits per heavy atom. The molecule has 1 aromatic carbocycles. The number of nitrogens with zero attached hydrogens (tertiary/aromatic N) is 3. The van der Waals surface area contributed by atoms with Gasteiger partial charge in [0.15, 0.2) is 0 Å². The molecule has 90 valence electrons. The average molecular weight is 244 g/mol. The van der Waals surface area contributed by atoms with E-state index in [-0.39, 0.29) is 17.5 Å². The molecule has 0 aliphatic rings. The number of anilines is 1. The van der Waals surface area contributed by atoms with E-state index in [0.29, 0.717) is 11.3 Å². The molecule has 0 atom stereocenters. The van der Waals surface area contributed by atoms with E-state index >= 15 is 0 Å². The van der Waals surface area contributed by atoms with Crippen molar-refractivity contribution in [2.45, 2.75) is 0 Å². The molecule has 0 saturated carbocycles. The summed E-state index contributed by atoms with van der Waals surface area (Å²) in [7, 11) is 1.42. The summed E-state index contributed by atoms with van der Waals surface area (Å²) < 4.78 is 18.4. The lowest BCUT2D eigenvalue weighted by Gasteiger charge is -2.05. The molecule has 0 unspecified atom stereocenters. The summed E-state index contributed by atoms with van der Waals surface area (Å²) in [5.41, 5.74) is 6.50.